The molecule has 1 heterocycles. The minimum Gasteiger partial charge on any atom is -0.480 e. The van der Waals surface area contributed by atoms with Gasteiger partial charge in [0.1, 0.15) is 6.04 Å². The molecule has 9 heteroatoms. The average molecular weight is 536 g/mol. The molecule has 0 aromatic heterocycles. The first kappa shape index (κ1) is 27.5. The number of Topliss-reactive ketones (excluding diaryl/α,β-unsaturated/α-hetero) is 1. The van der Waals surface area contributed by atoms with Gasteiger partial charge in [-0.05, 0) is 47.4 Å². The minimum absolute atomic E-state index is 0.0250. The van der Waals surface area contributed by atoms with Crippen LogP contribution < -0.4 is 9.62 Å². The van der Waals surface area contributed by atoms with E-state index in [0.717, 1.165) is 27.6 Å². The molecule has 2 N–H and O–H groups in total. The summed E-state index contributed by atoms with van der Waals surface area (Å²) in [6.07, 6.45) is 4.74. The van der Waals surface area contributed by atoms with E-state index in [2.05, 4.69) is 9.62 Å². The highest BCUT2D eigenvalue weighted by Gasteiger charge is 2.31. The van der Waals surface area contributed by atoms with Gasteiger partial charge in [0.05, 0.1) is 0 Å². The molecule has 0 bridgehead atoms. The fraction of sp³-hybridized carbons (Fsp3) is 0.310. The molecule has 200 valence electrons. The third-order valence-electron chi connectivity index (χ3n) is 6.77. The molecule has 0 radical (unpaired) electrons. The van der Waals surface area contributed by atoms with Crippen LogP contribution in [0.15, 0.2) is 60.7 Å². The number of aliphatic carboxylic acids is 1. The molecule has 1 atom stereocenters. The van der Waals surface area contributed by atoms with Crippen LogP contribution >= 0.6 is 0 Å². The summed E-state index contributed by atoms with van der Waals surface area (Å²) in [4.78, 5) is 25.9. The van der Waals surface area contributed by atoms with Gasteiger partial charge in [-0.2, -0.15) is 17.4 Å². The Hall–Kier alpha value is -3.53. The van der Waals surface area contributed by atoms with Crippen LogP contribution in [0.2, 0.25) is 0 Å². The number of carboxylic acid groups (broad SMARTS) is 1. The molecule has 1 fully saturated rings. The van der Waals surface area contributed by atoms with Crippen molar-refractivity contribution in [1.29, 1.82) is 0 Å². The van der Waals surface area contributed by atoms with E-state index < -0.39 is 22.2 Å². The van der Waals surface area contributed by atoms with Gasteiger partial charge in [-0.25, -0.2) is 0 Å². The third-order valence-corrected chi connectivity index (χ3v) is 8.40. The molecular formula is C29H33N3O5S. The van der Waals surface area contributed by atoms with Crippen molar-refractivity contribution in [2.24, 2.45) is 0 Å². The van der Waals surface area contributed by atoms with Gasteiger partial charge < -0.3 is 10.0 Å². The zero-order valence-corrected chi connectivity index (χ0v) is 22.4. The molecule has 1 aliphatic heterocycles. The normalized spacial score (nSPS) is 15.7. The molecule has 1 saturated heterocycles. The van der Waals surface area contributed by atoms with Crippen LogP contribution in [0, 0.1) is 0 Å². The number of carbonyl (C=O) groups is 2. The highest BCUT2D eigenvalue weighted by Crippen LogP contribution is 2.25. The molecule has 8 nitrogen and oxygen atoms in total. The van der Waals surface area contributed by atoms with Crippen molar-refractivity contribution >= 4 is 50.6 Å². The maximum Gasteiger partial charge on any atom is 0.321 e. The number of anilines is 1. The number of nitrogens with zero attached hydrogens (tertiary/aromatic N) is 2. The van der Waals surface area contributed by atoms with Crippen LogP contribution in [0.3, 0.4) is 0 Å². The molecule has 0 spiro atoms. The SMILES string of the molecule is CCC[C@H](NS(=O)(=O)N1CCN(c2ccc(/C=C/c3ccc4ccccc4c3C(C)=O)cc2)CC1)C(=O)O. The topological polar surface area (TPSA) is 107 Å². The summed E-state index contributed by atoms with van der Waals surface area (Å²) in [6, 6.07) is 18.7. The van der Waals surface area contributed by atoms with Crippen LogP contribution in [0.5, 0.6) is 0 Å². The average Bonchev–Trinajstić information content (AvgIpc) is 2.91. The van der Waals surface area contributed by atoms with Crippen molar-refractivity contribution in [3.05, 3.63) is 77.4 Å². The molecule has 0 amide bonds. The predicted molar refractivity (Wildman–Crippen MR) is 151 cm³/mol. The smallest absolute Gasteiger partial charge is 0.321 e. The van der Waals surface area contributed by atoms with Gasteiger partial charge >= 0.3 is 5.97 Å². The van der Waals surface area contributed by atoms with Crippen molar-refractivity contribution in [3.8, 4) is 0 Å². The van der Waals surface area contributed by atoms with Crippen LogP contribution in [0.25, 0.3) is 22.9 Å². The van der Waals surface area contributed by atoms with Gasteiger partial charge in [-0.1, -0.05) is 74.0 Å². The Balaban J connectivity index is 1.41. The number of carbonyl (C=O) groups excluding carboxylic acids is 1. The molecule has 4 rings (SSSR count). The first-order valence-electron chi connectivity index (χ1n) is 12.8. The predicted octanol–water partition coefficient (Wildman–Crippen LogP) is 4.42. The standard InChI is InChI=1S/C29H33N3O5S/c1-3-6-27(29(34)35)30-38(36,37)32-19-17-31(18-20-32)25-15-10-22(11-16-25)9-12-24-14-13-23-7-4-5-8-26(23)28(24)21(2)33/h4-5,7-16,27,30H,3,6,17-20H2,1-2H3,(H,34,35)/b12-9+/t27-/m0/s1. The lowest BCUT2D eigenvalue weighted by Gasteiger charge is -2.35. The Kier molecular flexibility index (Phi) is 8.61. The minimum atomic E-state index is -3.88. The van der Waals surface area contributed by atoms with Gasteiger partial charge in [-0.3, -0.25) is 9.59 Å². The van der Waals surface area contributed by atoms with E-state index in [0.29, 0.717) is 25.1 Å². The molecule has 38 heavy (non-hydrogen) atoms. The van der Waals surface area contributed by atoms with Crippen molar-refractivity contribution in [1.82, 2.24) is 9.03 Å². The molecule has 3 aromatic carbocycles. The molecule has 3 aromatic rings. The number of nitrogens with one attached hydrogen (secondary N) is 1. The van der Waals surface area contributed by atoms with E-state index in [9.17, 15) is 23.1 Å². The highest BCUT2D eigenvalue weighted by molar-refractivity contribution is 7.87. The van der Waals surface area contributed by atoms with Crippen molar-refractivity contribution < 1.29 is 23.1 Å². The van der Waals surface area contributed by atoms with Crippen molar-refractivity contribution in [2.45, 2.75) is 32.7 Å². The van der Waals surface area contributed by atoms with Crippen molar-refractivity contribution in [3.63, 3.8) is 0 Å². The Labute approximate surface area is 223 Å². The number of hydrogen-bond acceptors (Lipinski definition) is 5. The Bertz CT molecular complexity index is 1440. The van der Waals surface area contributed by atoms with Gasteiger partial charge in [-0.15, -0.1) is 0 Å². The second-order valence-electron chi connectivity index (χ2n) is 9.42. The first-order valence-corrected chi connectivity index (χ1v) is 14.2. The molecule has 0 aliphatic carbocycles. The lowest BCUT2D eigenvalue weighted by atomic mass is 9.95. The van der Waals surface area contributed by atoms with Gasteiger partial charge in [0.15, 0.2) is 5.78 Å². The fourth-order valence-corrected chi connectivity index (χ4v) is 6.14. The lowest BCUT2D eigenvalue weighted by molar-refractivity contribution is -0.139. The second-order valence-corrected chi connectivity index (χ2v) is 11.1. The molecule has 1 aliphatic rings. The summed E-state index contributed by atoms with van der Waals surface area (Å²) in [6.45, 7) is 4.94. The van der Waals surface area contributed by atoms with Crippen molar-refractivity contribution in [2.75, 3.05) is 31.1 Å². The molecule has 0 saturated carbocycles. The third kappa shape index (κ3) is 6.30. The van der Waals surface area contributed by atoms with Gasteiger partial charge in [0.25, 0.3) is 10.2 Å². The number of piperazine rings is 1. The Morgan fingerprint density at radius 3 is 2.29 bits per heavy atom. The fourth-order valence-electron chi connectivity index (χ4n) is 4.76. The van der Waals surface area contributed by atoms with E-state index in [4.69, 9.17) is 0 Å². The highest BCUT2D eigenvalue weighted by atomic mass is 32.2. The van der Waals surface area contributed by atoms with E-state index in [1.807, 2.05) is 79.7 Å². The summed E-state index contributed by atoms with van der Waals surface area (Å²) < 4.78 is 29.0. The van der Waals surface area contributed by atoms with E-state index in [1.54, 1.807) is 6.92 Å². The van der Waals surface area contributed by atoms with E-state index in [1.165, 1.54) is 4.31 Å². The zero-order valence-electron chi connectivity index (χ0n) is 21.6. The summed E-state index contributed by atoms with van der Waals surface area (Å²) in [5.74, 6) is -1.14. The summed E-state index contributed by atoms with van der Waals surface area (Å²) >= 11 is 0. The maximum atomic E-state index is 12.7. The maximum absolute atomic E-state index is 12.7. The lowest BCUT2D eigenvalue weighted by Crippen LogP contribution is -2.54. The number of hydrogen-bond donors (Lipinski definition) is 2. The number of benzene rings is 3. The van der Waals surface area contributed by atoms with Gasteiger partial charge in [0.2, 0.25) is 0 Å². The summed E-state index contributed by atoms with van der Waals surface area (Å²) in [7, 11) is -3.88. The zero-order chi connectivity index (χ0) is 27.3. The monoisotopic (exact) mass is 535 g/mol. The quantitative estimate of drug-likeness (QED) is 0.294. The van der Waals surface area contributed by atoms with E-state index >= 15 is 0 Å². The summed E-state index contributed by atoms with van der Waals surface area (Å²) in [5, 5.41) is 11.3. The number of fused-ring (bicyclic) bond motifs is 1. The van der Waals surface area contributed by atoms with Crippen LogP contribution in [0.4, 0.5) is 5.69 Å². The Morgan fingerprint density at radius 2 is 1.66 bits per heavy atom. The number of rotatable bonds is 10. The molecular weight excluding hydrogens is 502 g/mol. The first-order chi connectivity index (χ1) is 18.2. The van der Waals surface area contributed by atoms with Crippen LogP contribution in [-0.4, -0.2) is 61.8 Å². The molecule has 0 unspecified atom stereocenters. The van der Waals surface area contributed by atoms with Crippen LogP contribution in [0.1, 0.15) is 48.2 Å². The van der Waals surface area contributed by atoms with Crippen LogP contribution in [-0.2, 0) is 15.0 Å². The Morgan fingerprint density at radius 1 is 0.974 bits per heavy atom. The number of ketones is 1. The second kappa shape index (κ2) is 11.9. The van der Waals surface area contributed by atoms with E-state index in [-0.39, 0.29) is 25.3 Å². The van der Waals surface area contributed by atoms with Gasteiger partial charge in [0, 0.05) is 37.4 Å². The number of carboxylic acids is 1. The largest absolute Gasteiger partial charge is 0.480 e. The summed E-state index contributed by atoms with van der Waals surface area (Å²) in [5.41, 5.74) is 3.55.